The molecule has 3 rings (SSSR count). The van der Waals surface area contributed by atoms with Crippen LogP contribution in [0, 0.1) is 0 Å². The van der Waals surface area contributed by atoms with Gasteiger partial charge in [0.15, 0.2) is 5.78 Å². The Morgan fingerprint density at radius 1 is 0.686 bits per heavy atom. The molecule has 0 amide bonds. The van der Waals surface area contributed by atoms with Crippen molar-refractivity contribution >= 4 is 17.9 Å². The fourth-order valence-corrected chi connectivity index (χ4v) is 4.05. The second kappa shape index (κ2) is 15.5. The van der Waals surface area contributed by atoms with Crippen molar-refractivity contribution in [3.63, 3.8) is 0 Å². The number of carbonyl (C=O) groups is 1. The van der Waals surface area contributed by atoms with E-state index in [1.54, 1.807) is 6.08 Å². The summed E-state index contributed by atoms with van der Waals surface area (Å²) in [5.74, 6) is 0.899. The van der Waals surface area contributed by atoms with Gasteiger partial charge >= 0.3 is 0 Å². The van der Waals surface area contributed by atoms with Gasteiger partial charge in [-0.1, -0.05) is 124 Å². The van der Waals surface area contributed by atoms with E-state index in [0.29, 0.717) is 5.56 Å². The van der Waals surface area contributed by atoms with Crippen molar-refractivity contribution in [2.24, 2.45) is 0 Å². The van der Waals surface area contributed by atoms with Crippen LogP contribution in [0.1, 0.15) is 78.4 Å². The van der Waals surface area contributed by atoms with Crippen LogP contribution < -0.4 is 4.74 Å². The third kappa shape index (κ3) is 10.2. The molecule has 0 atom stereocenters. The first kappa shape index (κ1) is 26.2. The van der Waals surface area contributed by atoms with Crippen LogP contribution in [0.2, 0.25) is 0 Å². The van der Waals surface area contributed by atoms with E-state index in [4.69, 9.17) is 4.74 Å². The van der Waals surface area contributed by atoms with Gasteiger partial charge in [-0.3, -0.25) is 4.79 Å². The molecule has 0 fully saturated rings. The maximum Gasteiger partial charge on any atom is 0.185 e. The molecular formula is C33H38O2. The van der Waals surface area contributed by atoms with Crippen molar-refractivity contribution in [2.75, 3.05) is 6.61 Å². The van der Waals surface area contributed by atoms with Crippen molar-refractivity contribution in [3.8, 4) is 5.75 Å². The van der Waals surface area contributed by atoms with Crippen LogP contribution >= 0.6 is 0 Å². The fourth-order valence-electron chi connectivity index (χ4n) is 4.05. The first-order valence-corrected chi connectivity index (χ1v) is 13.0. The zero-order valence-electron chi connectivity index (χ0n) is 20.8. The minimum absolute atomic E-state index is 0.0145. The largest absolute Gasteiger partial charge is 0.494 e. The molecule has 2 heteroatoms. The normalized spacial score (nSPS) is 11.0. The highest BCUT2D eigenvalue weighted by molar-refractivity contribution is 6.06. The summed E-state index contributed by atoms with van der Waals surface area (Å²) in [4.78, 5) is 12.2. The van der Waals surface area contributed by atoms with Gasteiger partial charge in [-0.15, -0.1) is 0 Å². The third-order valence-corrected chi connectivity index (χ3v) is 6.21. The molecule has 0 aliphatic heterocycles. The van der Waals surface area contributed by atoms with Crippen molar-refractivity contribution in [1.29, 1.82) is 0 Å². The lowest BCUT2D eigenvalue weighted by atomic mass is 10.0. The van der Waals surface area contributed by atoms with Gasteiger partial charge in [0.1, 0.15) is 5.75 Å². The predicted octanol–water partition coefficient (Wildman–Crippen LogP) is 8.97. The summed E-state index contributed by atoms with van der Waals surface area (Å²) in [7, 11) is 0. The van der Waals surface area contributed by atoms with Crippen molar-refractivity contribution in [1.82, 2.24) is 0 Å². The lowest BCUT2D eigenvalue weighted by Gasteiger charge is -2.07. The van der Waals surface area contributed by atoms with Crippen LogP contribution in [0.5, 0.6) is 5.75 Å². The van der Waals surface area contributed by atoms with Crippen LogP contribution in [-0.4, -0.2) is 12.4 Å². The molecule has 0 spiro atoms. The Morgan fingerprint density at radius 2 is 1.29 bits per heavy atom. The number of hydrogen-bond acceptors (Lipinski definition) is 2. The molecule has 0 unspecified atom stereocenters. The summed E-state index contributed by atoms with van der Waals surface area (Å²) in [6.45, 7) is 4.56. The lowest BCUT2D eigenvalue weighted by Crippen LogP contribution is -1.97. The summed E-state index contributed by atoms with van der Waals surface area (Å²) in [6.07, 6.45) is 16.7. The molecule has 3 aromatic carbocycles. The van der Waals surface area contributed by atoms with E-state index in [0.717, 1.165) is 24.3 Å². The zero-order valence-corrected chi connectivity index (χ0v) is 20.8. The van der Waals surface area contributed by atoms with E-state index in [-0.39, 0.29) is 5.78 Å². The van der Waals surface area contributed by atoms with Crippen molar-refractivity contribution < 1.29 is 9.53 Å². The second-order valence-corrected chi connectivity index (χ2v) is 9.01. The second-order valence-electron chi connectivity index (χ2n) is 9.01. The standard InChI is InChI=1S/C33H38O2/c1-2-28-17-19-29(20-18-28)14-10-7-5-3-4-6-8-13-27-35-32-24-21-30(22-25-32)23-26-33(34)31-15-11-9-12-16-31/h2,9,11-12,15-26H,1,3-8,10,13-14,27H2. The monoisotopic (exact) mass is 466 g/mol. The molecule has 0 radical (unpaired) electrons. The Labute approximate surface area is 211 Å². The Hall–Kier alpha value is -3.39. The van der Waals surface area contributed by atoms with Crippen LogP contribution in [-0.2, 0) is 6.42 Å². The third-order valence-electron chi connectivity index (χ3n) is 6.21. The summed E-state index contributed by atoms with van der Waals surface area (Å²) in [5, 5.41) is 0. The van der Waals surface area contributed by atoms with Gasteiger partial charge < -0.3 is 4.74 Å². The number of aryl methyl sites for hydroxylation is 1. The molecule has 3 aromatic rings. The number of unbranched alkanes of at least 4 members (excludes halogenated alkanes) is 7. The summed E-state index contributed by atoms with van der Waals surface area (Å²) < 4.78 is 5.88. The molecule has 0 saturated carbocycles. The minimum atomic E-state index is 0.0145. The number of hydrogen-bond donors (Lipinski definition) is 0. The molecule has 0 saturated heterocycles. The quantitative estimate of drug-likeness (QED) is 0.120. The van der Waals surface area contributed by atoms with Crippen molar-refractivity contribution in [3.05, 3.63) is 114 Å². The van der Waals surface area contributed by atoms with Crippen LogP contribution in [0.15, 0.2) is 91.5 Å². The van der Waals surface area contributed by atoms with E-state index in [1.165, 1.54) is 62.5 Å². The fraction of sp³-hybridized carbons (Fsp3) is 0.303. The maximum atomic E-state index is 12.2. The highest BCUT2D eigenvalue weighted by Crippen LogP contribution is 2.16. The van der Waals surface area contributed by atoms with E-state index < -0.39 is 0 Å². The SMILES string of the molecule is C=Cc1ccc(CCCCCCCCCCOc2ccc(C=CC(=O)c3ccccc3)cc2)cc1. The van der Waals surface area contributed by atoms with E-state index >= 15 is 0 Å². The molecule has 0 bridgehead atoms. The number of benzene rings is 3. The van der Waals surface area contributed by atoms with Gasteiger partial charge in [0.05, 0.1) is 6.61 Å². The molecule has 2 nitrogen and oxygen atoms in total. The Bertz CT molecular complexity index is 1030. The highest BCUT2D eigenvalue weighted by Gasteiger charge is 2.00. The molecule has 0 heterocycles. The van der Waals surface area contributed by atoms with Crippen molar-refractivity contribution in [2.45, 2.75) is 57.8 Å². The summed E-state index contributed by atoms with van der Waals surface area (Å²) in [5.41, 5.74) is 4.32. The van der Waals surface area contributed by atoms with Gasteiger partial charge in [0.2, 0.25) is 0 Å². The molecule has 182 valence electrons. The van der Waals surface area contributed by atoms with Gasteiger partial charge in [-0.05, 0) is 54.2 Å². The molecule has 0 aromatic heterocycles. The first-order chi connectivity index (χ1) is 17.2. The highest BCUT2D eigenvalue weighted by atomic mass is 16.5. The average molecular weight is 467 g/mol. The number of carbonyl (C=O) groups excluding carboxylic acids is 1. The first-order valence-electron chi connectivity index (χ1n) is 13.0. The van der Waals surface area contributed by atoms with Gasteiger partial charge in [-0.2, -0.15) is 0 Å². The van der Waals surface area contributed by atoms with Crippen LogP contribution in [0.4, 0.5) is 0 Å². The summed E-state index contributed by atoms with van der Waals surface area (Å²) in [6, 6.07) is 26.0. The molecule has 0 aliphatic carbocycles. The van der Waals surface area contributed by atoms with Gasteiger partial charge in [0.25, 0.3) is 0 Å². The maximum absolute atomic E-state index is 12.2. The van der Waals surface area contributed by atoms with E-state index in [9.17, 15) is 4.79 Å². The number of allylic oxidation sites excluding steroid dienone is 1. The van der Waals surface area contributed by atoms with Gasteiger partial charge in [-0.25, -0.2) is 0 Å². The molecular weight excluding hydrogens is 428 g/mol. The van der Waals surface area contributed by atoms with Crippen LogP contribution in [0.3, 0.4) is 0 Å². The smallest absolute Gasteiger partial charge is 0.185 e. The minimum Gasteiger partial charge on any atom is -0.494 e. The lowest BCUT2D eigenvalue weighted by molar-refractivity contribution is 0.104. The zero-order chi connectivity index (χ0) is 24.6. The molecule has 0 aliphatic rings. The number of rotatable bonds is 16. The Morgan fingerprint density at radius 3 is 1.94 bits per heavy atom. The van der Waals surface area contributed by atoms with E-state index in [1.807, 2.05) is 66.7 Å². The predicted molar refractivity (Wildman–Crippen MR) is 149 cm³/mol. The summed E-state index contributed by atoms with van der Waals surface area (Å²) >= 11 is 0. The molecule has 0 N–H and O–H groups in total. The topological polar surface area (TPSA) is 26.3 Å². The van der Waals surface area contributed by atoms with Gasteiger partial charge in [0, 0.05) is 5.56 Å². The Balaban J connectivity index is 1.18. The average Bonchev–Trinajstić information content (AvgIpc) is 2.92. The Kier molecular flexibility index (Phi) is 11.6. The molecule has 35 heavy (non-hydrogen) atoms. The van der Waals surface area contributed by atoms with E-state index in [2.05, 4.69) is 30.8 Å². The number of ether oxygens (including phenoxy) is 1. The van der Waals surface area contributed by atoms with Crippen LogP contribution in [0.25, 0.3) is 12.2 Å². The number of ketones is 1.